The van der Waals surface area contributed by atoms with E-state index in [1.54, 1.807) is 13.8 Å². The number of unbranched alkanes of at least 4 members (excludes halogenated alkanes) is 1. The minimum atomic E-state index is -0.595. The molecule has 3 atom stereocenters. The van der Waals surface area contributed by atoms with Gasteiger partial charge in [-0.3, -0.25) is 4.79 Å². The summed E-state index contributed by atoms with van der Waals surface area (Å²) >= 11 is 0. The molecule has 0 bridgehead atoms. The van der Waals surface area contributed by atoms with Crippen molar-refractivity contribution < 1.29 is 19.0 Å². The van der Waals surface area contributed by atoms with E-state index >= 15 is 0 Å². The average Bonchev–Trinajstić information content (AvgIpc) is 2.32. The fourth-order valence-corrected chi connectivity index (χ4v) is 1.18. The van der Waals surface area contributed by atoms with Gasteiger partial charge in [0, 0.05) is 6.61 Å². The summed E-state index contributed by atoms with van der Waals surface area (Å²) in [5.41, 5.74) is 5.40. The van der Waals surface area contributed by atoms with Crippen LogP contribution in [0.1, 0.15) is 40.5 Å². The van der Waals surface area contributed by atoms with Crippen LogP contribution in [0.25, 0.3) is 0 Å². The highest BCUT2D eigenvalue weighted by Gasteiger charge is 2.14. The van der Waals surface area contributed by atoms with Crippen LogP contribution < -0.4 is 5.73 Å². The number of esters is 1. The minimum Gasteiger partial charge on any atom is -0.459 e. The summed E-state index contributed by atoms with van der Waals surface area (Å²) in [6.07, 6.45) is 1.90. The van der Waals surface area contributed by atoms with Crippen molar-refractivity contribution in [1.82, 2.24) is 0 Å². The first-order chi connectivity index (χ1) is 8.47. The topological polar surface area (TPSA) is 70.8 Å². The predicted molar refractivity (Wildman–Crippen MR) is 70.3 cm³/mol. The van der Waals surface area contributed by atoms with Gasteiger partial charge in [-0.15, -0.1) is 0 Å². The van der Waals surface area contributed by atoms with Crippen molar-refractivity contribution in [2.75, 3.05) is 19.8 Å². The van der Waals surface area contributed by atoms with Crippen molar-refractivity contribution in [3.63, 3.8) is 0 Å². The third-order valence-electron chi connectivity index (χ3n) is 2.30. The molecule has 0 heterocycles. The summed E-state index contributed by atoms with van der Waals surface area (Å²) in [4.78, 5) is 11.2. The minimum absolute atomic E-state index is 0.00157. The van der Waals surface area contributed by atoms with Crippen molar-refractivity contribution in [3.05, 3.63) is 0 Å². The SMILES string of the molecule is CCCCOCC(C)OCC(C)OC(=O)[C@H](C)N. The van der Waals surface area contributed by atoms with Crippen LogP contribution >= 0.6 is 0 Å². The Labute approximate surface area is 110 Å². The fraction of sp³-hybridized carbons (Fsp3) is 0.923. The zero-order valence-corrected chi connectivity index (χ0v) is 12.0. The molecule has 0 rings (SSSR count). The van der Waals surface area contributed by atoms with Crippen molar-refractivity contribution in [2.24, 2.45) is 5.73 Å². The lowest BCUT2D eigenvalue weighted by molar-refractivity contribution is -0.153. The molecule has 0 aromatic carbocycles. The van der Waals surface area contributed by atoms with Crippen molar-refractivity contribution in [1.29, 1.82) is 0 Å². The number of carbonyl (C=O) groups excluding carboxylic acids is 1. The Morgan fingerprint density at radius 2 is 1.83 bits per heavy atom. The average molecular weight is 261 g/mol. The van der Waals surface area contributed by atoms with Crippen LogP contribution in [0.3, 0.4) is 0 Å². The number of carbonyl (C=O) groups is 1. The molecule has 0 aromatic rings. The van der Waals surface area contributed by atoms with Crippen molar-refractivity contribution >= 4 is 5.97 Å². The molecule has 0 aromatic heterocycles. The van der Waals surface area contributed by atoms with Crippen LogP contribution in [0.2, 0.25) is 0 Å². The standard InChI is InChI=1S/C13H27NO4/c1-5-6-7-16-8-10(2)17-9-11(3)18-13(15)12(4)14/h10-12H,5-9,14H2,1-4H3/t10?,11?,12-/m0/s1. The molecule has 0 saturated carbocycles. The fourth-order valence-electron chi connectivity index (χ4n) is 1.18. The van der Waals surface area contributed by atoms with Gasteiger partial charge in [0.05, 0.1) is 19.3 Å². The van der Waals surface area contributed by atoms with Gasteiger partial charge < -0.3 is 19.9 Å². The zero-order valence-electron chi connectivity index (χ0n) is 12.0. The molecule has 18 heavy (non-hydrogen) atoms. The van der Waals surface area contributed by atoms with Gasteiger partial charge in [0.1, 0.15) is 12.1 Å². The highest BCUT2D eigenvalue weighted by atomic mass is 16.6. The van der Waals surface area contributed by atoms with Gasteiger partial charge in [-0.05, 0) is 27.2 Å². The third-order valence-corrected chi connectivity index (χ3v) is 2.30. The Morgan fingerprint density at radius 1 is 1.17 bits per heavy atom. The van der Waals surface area contributed by atoms with Gasteiger partial charge in [0.25, 0.3) is 0 Å². The van der Waals surface area contributed by atoms with Gasteiger partial charge in [0.2, 0.25) is 0 Å². The van der Waals surface area contributed by atoms with E-state index in [1.165, 1.54) is 0 Å². The molecular weight excluding hydrogens is 234 g/mol. The lowest BCUT2D eigenvalue weighted by Gasteiger charge is -2.18. The molecule has 108 valence electrons. The summed E-state index contributed by atoms with van der Waals surface area (Å²) in [5.74, 6) is -0.405. The number of ether oxygens (including phenoxy) is 3. The van der Waals surface area contributed by atoms with Crippen LogP contribution in [0, 0.1) is 0 Å². The highest BCUT2D eigenvalue weighted by molar-refractivity contribution is 5.75. The number of rotatable bonds is 10. The largest absolute Gasteiger partial charge is 0.459 e. The molecular formula is C13H27NO4. The van der Waals surface area contributed by atoms with E-state index in [1.807, 2.05) is 6.92 Å². The van der Waals surface area contributed by atoms with E-state index in [2.05, 4.69) is 6.92 Å². The summed E-state index contributed by atoms with van der Waals surface area (Å²) < 4.78 is 16.0. The molecule has 0 spiro atoms. The second-order valence-electron chi connectivity index (χ2n) is 4.61. The molecule has 5 nitrogen and oxygen atoms in total. The molecule has 0 fully saturated rings. The molecule has 0 amide bonds. The van der Waals surface area contributed by atoms with E-state index in [4.69, 9.17) is 19.9 Å². The van der Waals surface area contributed by atoms with Gasteiger partial charge in [-0.2, -0.15) is 0 Å². The van der Waals surface area contributed by atoms with Crippen molar-refractivity contribution in [2.45, 2.75) is 58.8 Å². The Bertz CT molecular complexity index is 221. The van der Waals surface area contributed by atoms with Crippen LogP contribution in [-0.2, 0) is 19.0 Å². The van der Waals surface area contributed by atoms with Crippen LogP contribution in [0.4, 0.5) is 0 Å². The Kier molecular flexibility index (Phi) is 9.92. The highest BCUT2D eigenvalue weighted by Crippen LogP contribution is 2.00. The maximum absolute atomic E-state index is 11.2. The second-order valence-corrected chi connectivity index (χ2v) is 4.61. The monoisotopic (exact) mass is 261 g/mol. The summed E-state index contributed by atoms with van der Waals surface area (Å²) in [6, 6.07) is -0.595. The van der Waals surface area contributed by atoms with E-state index in [-0.39, 0.29) is 12.2 Å². The predicted octanol–water partition coefficient (Wildman–Crippen LogP) is 1.49. The van der Waals surface area contributed by atoms with E-state index in [0.29, 0.717) is 13.2 Å². The summed E-state index contributed by atoms with van der Waals surface area (Å²) in [7, 11) is 0. The van der Waals surface area contributed by atoms with E-state index < -0.39 is 12.0 Å². The van der Waals surface area contributed by atoms with E-state index in [0.717, 1.165) is 19.4 Å². The molecule has 5 heteroatoms. The quantitative estimate of drug-likeness (QED) is 0.476. The lowest BCUT2D eigenvalue weighted by atomic mass is 10.3. The zero-order chi connectivity index (χ0) is 14.0. The molecule has 0 aliphatic rings. The smallest absolute Gasteiger partial charge is 0.322 e. The normalized spacial score (nSPS) is 16.1. The van der Waals surface area contributed by atoms with E-state index in [9.17, 15) is 4.79 Å². The van der Waals surface area contributed by atoms with Crippen LogP contribution in [0.5, 0.6) is 0 Å². The van der Waals surface area contributed by atoms with Gasteiger partial charge in [-0.25, -0.2) is 0 Å². The number of hydrogen-bond acceptors (Lipinski definition) is 5. The first kappa shape index (κ1) is 17.4. The Morgan fingerprint density at radius 3 is 2.39 bits per heavy atom. The maximum Gasteiger partial charge on any atom is 0.322 e. The molecule has 0 aliphatic carbocycles. The third kappa shape index (κ3) is 9.39. The molecule has 0 aliphatic heterocycles. The number of hydrogen-bond donors (Lipinski definition) is 1. The Balaban J connectivity index is 3.58. The maximum atomic E-state index is 11.2. The first-order valence-electron chi connectivity index (χ1n) is 6.62. The molecule has 2 unspecified atom stereocenters. The number of nitrogens with two attached hydrogens (primary N) is 1. The van der Waals surface area contributed by atoms with Gasteiger partial charge >= 0.3 is 5.97 Å². The lowest BCUT2D eigenvalue weighted by Crippen LogP contribution is -2.33. The second kappa shape index (κ2) is 10.3. The first-order valence-corrected chi connectivity index (χ1v) is 6.62. The molecule has 0 radical (unpaired) electrons. The summed E-state index contributed by atoms with van der Waals surface area (Å²) in [5, 5.41) is 0. The van der Waals surface area contributed by atoms with Gasteiger partial charge in [0.15, 0.2) is 0 Å². The van der Waals surface area contributed by atoms with Crippen molar-refractivity contribution in [3.8, 4) is 0 Å². The van der Waals surface area contributed by atoms with Crippen LogP contribution in [-0.4, -0.2) is 44.0 Å². The Hall–Kier alpha value is -0.650. The molecule has 2 N–H and O–H groups in total. The van der Waals surface area contributed by atoms with Crippen LogP contribution in [0.15, 0.2) is 0 Å². The molecule has 0 saturated heterocycles. The van der Waals surface area contributed by atoms with Gasteiger partial charge in [-0.1, -0.05) is 13.3 Å². The summed E-state index contributed by atoms with van der Waals surface area (Å²) in [6.45, 7) is 9.12.